The second kappa shape index (κ2) is 7.93. The molecule has 0 aromatic heterocycles. The molecule has 0 spiro atoms. The van der Waals surface area contributed by atoms with Crippen molar-refractivity contribution < 1.29 is 17.6 Å². The molecule has 20 heavy (non-hydrogen) atoms. The number of nitrogens with one attached hydrogen (secondary N) is 3. The van der Waals surface area contributed by atoms with Crippen LogP contribution in [0.15, 0.2) is 29.2 Å². The van der Waals surface area contributed by atoms with Crippen LogP contribution in [0.5, 0.6) is 0 Å². The van der Waals surface area contributed by atoms with Crippen LogP contribution >= 0.6 is 0 Å². The number of rotatable bonds is 8. The van der Waals surface area contributed by atoms with Gasteiger partial charge in [-0.05, 0) is 31.3 Å². The molecule has 0 unspecified atom stereocenters. The molecule has 0 aliphatic rings. The molecule has 0 atom stereocenters. The summed E-state index contributed by atoms with van der Waals surface area (Å²) in [6.45, 7) is 1.12. The normalized spacial score (nSPS) is 11.3. The minimum Gasteiger partial charge on any atom is -0.355 e. The Labute approximate surface area is 117 Å². The molecule has 0 bridgehead atoms. The van der Waals surface area contributed by atoms with Gasteiger partial charge in [0.2, 0.25) is 15.9 Å². The Morgan fingerprint density at radius 2 is 1.80 bits per heavy atom. The van der Waals surface area contributed by atoms with Crippen LogP contribution in [0.1, 0.15) is 6.42 Å². The van der Waals surface area contributed by atoms with E-state index in [9.17, 15) is 17.6 Å². The molecular formula is C12H18FN3O3S. The average molecular weight is 303 g/mol. The van der Waals surface area contributed by atoms with Crippen molar-refractivity contribution in [2.45, 2.75) is 11.3 Å². The number of amides is 1. The van der Waals surface area contributed by atoms with E-state index in [0.717, 1.165) is 12.1 Å². The summed E-state index contributed by atoms with van der Waals surface area (Å²) in [5.74, 6) is -0.741. The zero-order valence-corrected chi connectivity index (χ0v) is 12.0. The summed E-state index contributed by atoms with van der Waals surface area (Å²) < 4.78 is 38.6. The lowest BCUT2D eigenvalue weighted by Gasteiger charge is -2.07. The standard InChI is InChI=1S/C12H18FN3O3S/c1-14-8-9-15-12(17)6-7-16-20(18,19)11-4-2-10(13)3-5-11/h2-5,14,16H,6-9H2,1H3,(H,15,17). The average Bonchev–Trinajstić information content (AvgIpc) is 2.39. The molecule has 0 aliphatic carbocycles. The quantitative estimate of drug-likeness (QED) is 0.582. The van der Waals surface area contributed by atoms with E-state index in [4.69, 9.17) is 0 Å². The number of benzene rings is 1. The van der Waals surface area contributed by atoms with Gasteiger partial charge < -0.3 is 10.6 Å². The third kappa shape index (κ3) is 5.64. The highest BCUT2D eigenvalue weighted by Gasteiger charge is 2.13. The zero-order valence-electron chi connectivity index (χ0n) is 11.1. The number of hydrogen-bond donors (Lipinski definition) is 3. The third-order valence-electron chi connectivity index (χ3n) is 2.47. The van der Waals surface area contributed by atoms with Crippen molar-refractivity contribution in [3.05, 3.63) is 30.1 Å². The molecule has 1 amide bonds. The van der Waals surface area contributed by atoms with Crippen molar-refractivity contribution in [1.82, 2.24) is 15.4 Å². The van der Waals surface area contributed by atoms with Crippen molar-refractivity contribution in [1.29, 1.82) is 0 Å². The molecule has 0 aliphatic heterocycles. The molecule has 0 radical (unpaired) electrons. The van der Waals surface area contributed by atoms with Crippen LogP contribution < -0.4 is 15.4 Å². The first kappa shape index (κ1) is 16.5. The number of carbonyl (C=O) groups excluding carboxylic acids is 1. The monoisotopic (exact) mass is 303 g/mol. The van der Waals surface area contributed by atoms with E-state index in [1.165, 1.54) is 12.1 Å². The second-order valence-corrected chi connectivity index (χ2v) is 5.82. The van der Waals surface area contributed by atoms with Gasteiger partial charge in [-0.2, -0.15) is 0 Å². The first-order chi connectivity index (χ1) is 9.45. The highest BCUT2D eigenvalue weighted by Crippen LogP contribution is 2.09. The van der Waals surface area contributed by atoms with E-state index in [0.29, 0.717) is 13.1 Å². The van der Waals surface area contributed by atoms with Crippen LogP contribution in [0.2, 0.25) is 0 Å². The first-order valence-corrected chi connectivity index (χ1v) is 7.60. The smallest absolute Gasteiger partial charge is 0.240 e. The summed E-state index contributed by atoms with van der Waals surface area (Å²) >= 11 is 0. The lowest BCUT2D eigenvalue weighted by Crippen LogP contribution is -2.33. The van der Waals surface area contributed by atoms with Gasteiger partial charge in [0.15, 0.2) is 0 Å². The van der Waals surface area contributed by atoms with Gasteiger partial charge in [0.05, 0.1) is 4.90 Å². The van der Waals surface area contributed by atoms with Gasteiger partial charge >= 0.3 is 0 Å². The molecular weight excluding hydrogens is 285 g/mol. The molecule has 3 N–H and O–H groups in total. The third-order valence-corrected chi connectivity index (χ3v) is 3.94. The molecule has 6 nitrogen and oxygen atoms in total. The lowest BCUT2D eigenvalue weighted by atomic mass is 10.4. The zero-order chi connectivity index (χ0) is 15.0. The summed E-state index contributed by atoms with van der Waals surface area (Å²) in [5.41, 5.74) is 0. The Balaban J connectivity index is 2.40. The maximum atomic E-state index is 12.7. The van der Waals surface area contributed by atoms with E-state index >= 15 is 0 Å². The van der Waals surface area contributed by atoms with Crippen molar-refractivity contribution in [2.24, 2.45) is 0 Å². The Bertz CT molecular complexity index is 531. The van der Waals surface area contributed by atoms with E-state index in [1.54, 1.807) is 7.05 Å². The predicted octanol–water partition coefficient (Wildman–Crippen LogP) is -0.170. The fraction of sp³-hybridized carbons (Fsp3) is 0.417. The molecule has 0 fully saturated rings. The van der Waals surface area contributed by atoms with E-state index in [-0.39, 0.29) is 23.8 Å². The summed E-state index contributed by atoms with van der Waals surface area (Å²) in [6.07, 6.45) is 0.0458. The second-order valence-electron chi connectivity index (χ2n) is 4.06. The topological polar surface area (TPSA) is 87.3 Å². The van der Waals surface area contributed by atoms with Crippen molar-refractivity contribution in [3.8, 4) is 0 Å². The number of likely N-dealkylation sites (N-methyl/N-ethyl adjacent to an activating group) is 1. The molecule has 0 saturated heterocycles. The van der Waals surface area contributed by atoms with Gasteiger partial charge in [-0.3, -0.25) is 4.79 Å². The number of carbonyl (C=O) groups is 1. The van der Waals surface area contributed by atoms with Gasteiger partial charge in [0.1, 0.15) is 5.82 Å². The summed E-state index contributed by atoms with van der Waals surface area (Å²) in [4.78, 5) is 11.3. The number of halogens is 1. The van der Waals surface area contributed by atoms with E-state index in [2.05, 4.69) is 15.4 Å². The molecule has 0 saturated carbocycles. The molecule has 112 valence electrons. The van der Waals surface area contributed by atoms with Crippen LogP contribution in [0.3, 0.4) is 0 Å². The molecule has 8 heteroatoms. The molecule has 0 heterocycles. The Kier molecular flexibility index (Phi) is 6.56. The summed E-state index contributed by atoms with van der Waals surface area (Å²) in [5, 5.41) is 5.50. The molecule has 1 rings (SSSR count). The minimum atomic E-state index is -3.71. The van der Waals surface area contributed by atoms with E-state index < -0.39 is 15.8 Å². The number of hydrogen-bond acceptors (Lipinski definition) is 4. The Morgan fingerprint density at radius 1 is 1.15 bits per heavy atom. The van der Waals surface area contributed by atoms with Gasteiger partial charge in [0.25, 0.3) is 0 Å². The van der Waals surface area contributed by atoms with Crippen LogP contribution in [-0.4, -0.2) is 41.0 Å². The minimum absolute atomic E-state index is 0.00883. The molecule has 1 aromatic carbocycles. The van der Waals surface area contributed by atoms with Crippen molar-refractivity contribution >= 4 is 15.9 Å². The maximum Gasteiger partial charge on any atom is 0.240 e. The summed E-state index contributed by atoms with van der Waals surface area (Å²) in [7, 11) is -1.94. The van der Waals surface area contributed by atoms with Gasteiger partial charge in [-0.15, -0.1) is 0 Å². The fourth-order valence-corrected chi connectivity index (χ4v) is 2.44. The molecule has 1 aromatic rings. The Morgan fingerprint density at radius 3 is 2.40 bits per heavy atom. The first-order valence-electron chi connectivity index (χ1n) is 6.12. The highest BCUT2D eigenvalue weighted by molar-refractivity contribution is 7.89. The highest BCUT2D eigenvalue weighted by atomic mass is 32.2. The van der Waals surface area contributed by atoms with Crippen LogP contribution in [0, 0.1) is 5.82 Å². The van der Waals surface area contributed by atoms with Gasteiger partial charge in [-0.25, -0.2) is 17.5 Å². The van der Waals surface area contributed by atoms with Crippen LogP contribution in [0.25, 0.3) is 0 Å². The predicted molar refractivity (Wildman–Crippen MR) is 73.1 cm³/mol. The SMILES string of the molecule is CNCCNC(=O)CCNS(=O)(=O)c1ccc(F)cc1. The Hall–Kier alpha value is -1.51. The summed E-state index contributed by atoms with van der Waals surface area (Å²) in [6, 6.07) is 4.48. The largest absolute Gasteiger partial charge is 0.355 e. The van der Waals surface area contributed by atoms with Crippen molar-refractivity contribution in [2.75, 3.05) is 26.7 Å². The van der Waals surface area contributed by atoms with E-state index in [1.807, 2.05) is 0 Å². The van der Waals surface area contributed by atoms with Crippen LogP contribution in [-0.2, 0) is 14.8 Å². The fourth-order valence-electron chi connectivity index (χ4n) is 1.41. The lowest BCUT2D eigenvalue weighted by molar-refractivity contribution is -0.120. The van der Waals surface area contributed by atoms with Gasteiger partial charge in [-0.1, -0.05) is 0 Å². The number of sulfonamides is 1. The van der Waals surface area contributed by atoms with Crippen LogP contribution in [0.4, 0.5) is 4.39 Å². The van der Waals surface area contributed by atoms with Gasteiger partial charge in [0, 0.05) is 26.1 Å². The maximum absolute atomic E-state index is 12.7. The van der Waals surface area contributed by atoms with Crippen molar-refractivity contribution in [3.63, 3.8) is 0 Å².